The Morgan fingerprint density at radius 3 is 2.53 bits per heavy atom. The lowest BCUT2D eigenvalue weighted by Crippen LogP contribution is -2.27. The summed E-state index contributed by atoms with van der Waals surface area (Å²) in [6, 6.07) is 11.2. The quantitative estimate of drug-likeness (QED) is 0.522. The highest BCUT2D eigenvalue weighted by atomic mass is 32.2. The first kappa shape index (κ1) is 14.6. The van der Waals surface area contributed by atoms with Crippen LogP contribution in [0.4, 0.5) is 0 Å². The van der Waals surface area contributed by atoms with Gasteiger partial charge in [0.15, 0.2) is 0 Å². The van der Waals surface area contributed by atoms with E-state index in [2.05, 4.69) is 54.8 Å². The molecule has 0 unspecified atom stereocenters. The summed E-state index contributed by atoms with van der Waals surface area (Å²) in [6.07, 6.45) is 1.20. The zero-order valence-corrected chi connectivity index (χ0v) is 11.7. The van der Waals surface area contributed by atoms with Crippen molar-refractivity contribution < 1.29 is 0 Å². The minimum atomic E-state index is 0.601. The van der Waals surface area contributed by atoms with Crippen LogP contribution in [-0.2, 0) is 0 Å². The Kier molecular flexibility index (Phi) is 8.14. The Bertz CT molecular complexity index is 275. The fraction of sp³-hybridized carbons (Fsp3) is 0.571. The van der Waals surface area contributed by atoms with E-state index in [1.807, 2.05) is 11.8 Å². The van der Waals surface area contributed by atoms with E-state index in [1.165, 1.54) is 11.3 Å². The minimum absolute atomic E-state index is 0.601. The Balaban J connectivity index is 1.88. The number of hydrogen-bond donors (Lipinski definition) is 2. The van der Waals surface area contributed by atoms with Crippen LogP contribution in [0.25, 0.3) is 0 Å². The molecule has 0 aliphatic rings. The largest absolute Gasteiger partial charge is 0.316 e. The summed E-state index contributed by atoms with van der Waals surface area (Å²) in [5.74, 6) is 1.14. The topological polar surface area (TPSA) is 24.1 Å². The van der Waals surface area contributed by atoms with Gasteiger partial charge in [0.2, 0.25) is 0 Å². The van der Waals surface area contributed by atoms with E-state index in [9.17, 15) is 0 Å². The van der Waals surface area contributed by atoms with E-state index >= 15 is 0 Å². The Morgan fingerprint density at radius 2 is 1.82 bits per heavy atom. The summed E-state index contributed by atoms with van der Waals surface area (Å²) in [7, 11) is 0. The fourth-order valence-electron chi connectivity index (χ4n) is 1.49. The van der Waals surface area contributed by atoms with Gasteiger partial charge in [0, 0.05) is 23.2 Å². The van der Waals surface area contributed by atoms with Gasteiger partial charge in [0.1, 0.15) is 0 Å². The molecule has 96 valence electrons. The van der Waals surface area contributed by atoms with Gasteiger partial charge in [0.25, 0.3) is 0 Å². The van der Waals surface area contributed by atoms with Crippen LogP contribution in [0.5, 0.6) is 0 Å². The molecule has 1 aromatic rings. The van der Waals surface area contributed by atoms with Crippen molar-refractivity contribution in [2.75, 3.05) is 25.4 Å². The SMILES string of the molecule is CC(C)NCCCNCCSc1ccccc1. The third kappa shape index (κ3) is 8.25. The highest BCUT2D eigenvalue weighted by molar-refractivity contribution is 7.99. The molecule has 3 heteroatoms. The normalized spacial score (nSPS) is 11.0. The molecule has 17 heavy (non-hydrogen) atoms. The first-order chi connectivity index (χ1) is 8.29. The van der Waals surface area contributed by atoms with Gasteiger partial charge in [-0.2, -0.15) is 0 Å². The lowest BCUT2D eigenvalue weighted by molar-refractivity contribution is 0.553. The molecule has 0 heterocycles. The monoisotopic (exact) mass is 252 g/mol. The second-order valence-corrected chi connectivity index (χ2v) is 5.54. The van der Waals surface area contributed by atoms with E-state index in [1.54, 1.807) is 0 Å². The van der Waals surface area contributed by atoms with Crippen LogP contribution >= 0.6 is 11.8 Å². The second-order valence-electron chi connectivity index (χ2n) is 4.37. The lowest BCUT2D eigenvalue weighted by Gasteiger charge is -2.08. The van der Waals surface area contributed by atoms with Crippen molar-refractivity contribution in [3.8, 4) is 0 Å². The van der Waals surface area contributed by atoms with Crippen LogP contribution < -0.4 is 10.6 Å². The van der Waals surface area contributed by atoms with Crippen molar-refractivity contribution in [1.82, 2.24) is 10.6 Å². The molecule has 0 saturated carbocycles. The van der Waals surface area contributed by atoms with Crippen LogP contribution in [0.15, 0.2) is 35.2 Å². The van der Waals surface area contributed by atoms with Crippen molar-refractivity contribution in [2.24, 2.45) is 0 Å². The summed E-state index contributed by atoms with van der Waals surface area (Å²) in [5.41, 5.74) is 0. The summed E-state index contributed by atoms with van der Waals surface area (Å²) in [5, 5.41) is 6.89. The zero-order chi connectivity index (χ0) is 12.3. The number of nitrogens with one attached hydrogen (secondary N) is 2. The van der Waals surface area contributed by atoms with E-state index in [4.69, 9.17) is 0 Å². The minimum Gasteiger partial charge on any atom is -0.316 e. The molecule has 0 aliphatic heterocycles. The molecule has 0 radical (unpaired) electrons. The van der Waals surface area contributed by atoms with Gasteiger partial charge in [-0.3, -0.25) is 0 Å². The molecule has 1 aromatic carbocycles. The summed E-state index contributed by atoms with van der Waals surface area (Å²) in [4.78, 5) is 1.36. The third-order valence-electron chi connectivity index (χ3n) is 2.37. The van der Waals surface area contributed by atoms with Gasteiger partial charge >= 0.3 is 0 Å². The van der Waals surface area contributed by atoms with Gasteiger partial charge in [0.05, 0.1) is 0 Å². The van der Waals surface area contributed by atoms with Gasteiger partial charge in [-0.1, -0.05) is 32.0 Å². The molecular formula is C14H24N2S. The van der Waals surface area contributed by atoms with E-state index in [0.29, 0.717) is 6.04 Å². The van der Waals surface area contributed by atoms with Crippen molar-refractivity contribution in [3.63, 3.8) is 0 Å². The maximum absolute atomic E-state index is 3.47. The van der Waals surface area contributed by atoms with Crippen molar-refractivity contribution in [2.45, 2.75) is 31.2 Å². The van der Waals surface area contributed by atoms with Crippen LogP contribution in [-0.4, -0.2) is 31.4 Å². The second kappa shape index (κ2) is 9.51. The van der Waals surface area contributed by atoms with Gasteiger partial charge < -0.3 is 10.6 Å². The molecule has 0 spiro atoms. The molecule has 0 fully saturated rings. The fourth-order valence-corrected chi connectivity index (χ4v) is 2.32. The third-order valence-corrected chi connectivity index (χ3v) is 3.39. The maximum Gasteiger partial charge on any atom is 0.0106 e. The van der Waals surface area contributed by atoms with Crippen LogP contribution in [0.1, 0.15) is 20.3 Å². The lowest BCUT2D eigenvalue weighted by atomic mass is 10.3. The van der Waals surface area contributed by atoms with Gasteiger partial charge in [-0.05, 0) is 31.6 Å². The molecule has 2 nitrogen and oxygen atoms in total. The smallest absolute Gasteiger partial charge is 0.0106 e. The molecule has 0 aliphatic carbocycles. The standard InChI is InChI=1S/C14H24N2S/c1-13(2)16-10-6-9-15-11-12-17-14-7-4-3-5-8-14/h3-5,7-8,13,15-16H,6,9-12H2,1-2H3. The molecule has 0 amide bonds. The molecule has 2 N–H and O–H groups in total. The van der Waals surface area contributed by atoms with Crippen LogP contribution in [0.2, 0.25) is 0 Å². The van der Waals surface area contributed by atoms with E-state index in [-0.39, 0.29) is 0 Å². The molecular weight excluding hydrogens is 228 g/mol. The van der Waals surface area contributed by atoms with E-state index < -0.39 is 0 Å². The molecule has 1 rings (SSSR count). The van der Waals surface area contributed by atoms with Gasteiger partial charge in [-0.15, -0.1) is 11.8 Å². The summed E-state index contributed by atoms with van der Waals surface area (Å²) < 4.78 is 0. The maximum atomic E-state index is 3.47. The number of hydrogen-bond acceptors (Lipinski definition) is 3. The molecule has 0 bridgehead atoms. The van der Waals surface area contributed by atoms with E-state index in [0.717, 1.165) is 25.4 Å². The Hall–Kier alpha value is -0.510. The van der Waals surface area contributed by atoms with Crippen molar-refractivity contribution in [1.29, 1.82) is 0 Å². The van der Waals surface area contributed by atoms with Crippen molar-refractivity contribution >= 4 is 11.8 Å². The summed E-state index contributed by atoms with van der Waals surface area (Å²) in [6.45, 7) is 7.67. The highest BCUT2D eigenvalue weighted by Gasteiger charge is 1.93. The Labute approximate surface area is 110 Å². The average Bonchev–Trinajstić information content (AvgIpc) is 2.33. The highest BCUT2D eigenvalue weighted by Crippen LogP contribution is 2.15. The number of rotatable bonds is 9. The van der Waals surface area contributed by atoms with Gasteiger partial charge in [-0.25, -0.2) is 0 Å². The number of thioether (sulfide) groups is 1. The predicted molar refractivity (Wildman–Crippen MR) is 77.8 cm³/mol. The summed E-state index contributed by atoms with van der Waals surface area (Å²) >= 11 is 1.91. The average molecular weight is 252 g/mol. The molecule has 0 aromatic heterocycles. The predicted octanol–water partition coefficient (Wildman–Crippen LogP) is 2.76. The van der Waals surface area contributed by atoms with Crippen molar-refractivity contribution in [3.05, 3.63) is 30.3 Å². The molecule has 0 atom stereocenters. The number of benzene rings is 1. The molecule has 0 saturated heterocycles. The first-order valence-corrected chi connectivity index (χ1v) is 7.39. The zero-order valence-electron chi connectivity index (χ0n) is 10.9. The Morgan fingerprint density at radius 1 is 1.06 bits per heavy atom. The first-order valence-electron chi connectivity index (χ1n) is 6.41. The van der Waals surface area contributed by atoms with Crippen LogP contribution in [0.3, 0.4) is 0 Å². The van der Waals surface area contributed by atoms with Crippen LogP contribution in [0, 0.1) is 0 Å².